The molecule has 5 N–H and O–H groups in total. The molecule has 26 heteroatoms. The molecule has 0 aliphatic carbocycles. The second-order valence-corrected chi connectivity index (χ2v) is 44.6. The van der Waals surface area contributed by atoms with Gasteiger partial charge in [-0.25, -0.2) is 19.7 Å². The number of nitrogens with zero attached hydrogens (tertiary/aromatic N) is 8. The van der Waals surface area contributed by atoms with Crippen LogP contribution in [-0.2, 0) is 68.5 Å². The number of aliphatic hydroxyl groups is 1. The fourth-order valence-corrected chi connectivity index (χ4v) is 20.5. The van der Waals surface area contributed by atoms with Crippen molar-refractivity contribution in [1.82, 2.24) is 39.9 Å². The first-order valence-electron chi connectivity index (χ1n) is 51.0. The number of aliphatic carboxylic acids is 1. The highest BCUT2D eigenvalue weighted by Gasteiger charge is 2.39. The molecule has 0 spiro atoms. The Morgan fingerprint density at radius 1 is 0.345 bits per heavy atom. The summed E-state index contributed by atoms with van der Waals surface area (Å²) in [5.74, 6) is 4.13. The van der Waals surface area contributed by atoms with Gasteiger partial charge in [-0.1, -0.05) is 6.07 Å². The lowest BCUT2D eigenvalue weighted by atomic mass is 9.86. The van der Waals surface area contributed by atoms with Crippen molar-refractivity contribution < 1.29 is 72.0 Å². The van der Waals surface area contributed by atoms with Gasteiger partial charge in [0.05, 0.1) is 110 Å². The van der Waals surface area contributed by atoms with E-state index >= 15 is 0 Å². The first kappa shape index (κ1) is 105. The lowest BCUT2D eigenvalue weighted by Crippen LogP contribution is -2.30. The lowest BCUT2D eigenvalue weighted by Gasteiger charge is -2.31. The topological polar surface area (TPSA) is 323 Å². The van der Waals surface area contributed by atoms with Crippen LogP contribution in [0.15, 0.2) is 170 Å². The number of hydrogen-bond donors (Lipinski definition) is 5. The van der Waals surface area contributed by atoms with E-state index in [1.807, 2.05) is 257 Å². The molecule has 0 unspecified atom stereocenters. The first-order chi connectivity index (χ1) is 70.2. The number of ether oxygens (including phenoxy) is 10. The Balaban J connectivity index is 0.000000135. The molecule has 4 aliphatic heterocycles. The van der Waals surface area contributed by atoms with E-state index < -0.39 is 63.6 Å². The normalized spacial score (nSPS) is 14.2. The van der Waals surface area contributed by atoms with E-state index in [0.29, 0.717) is 32.0 Å². The SMILES string of the molecule is CNc1ccc2c(-c3ccc4c5c(ccnc35)CCO4)c([C@@H](CO)OC(C)(C)C)c(C)cc2n1.CNc1ccc2c(-c3ccc4c5c(ccnc35)CCO4)c([C@@H](COC(=O)C(C)(C)C)OC(C)(C)C)c(C)cc2n1.CNc1ccc2c(-c3ccc4c5c(ccnc35)CCO4)c([C@H](OC(C)(C)C)C(=O)O)c(C)cc2n1.Cc1ccc2c(-c3ccc4c5c(ccnc35)CCO4)c([C@@H](COC(=O)C(C)(C)C)OC(C)(C)C)c(C)cc2n1. The molecule has 16 aromatic rings. The Morgan fingerprint density at radius 3 is 0.892 bits per heavy atom. The number of pyridine rings is 8. The van der Waals surface area contributed by atoms with Crippen LogP contribution in [0.1, 0.15) is 221 Å². The number of fused-ring (bicyclic) bond motifs is 4. The fraction of sp³-hybridized carbons (Fsp3) is 0.385. The van der Waals surface area contributed by atoms with Crippen LogP contribution in [0.3, 0.4) is 0 Å². The summed E-state index contributed by atoms with van der Waals surface area (Å²) in [6.07, 6.45) is 8.10. The monoisotopic (exact) mass is 2000 g/mol. The van der Waals surface area contributed by atoms with Crippen molar-refractivity contribution in [3.63, 3.8) is 0 Å². The fourth-order valence-electron chi connectivity index (χ4n) is 20.5. The van der Waals surface area contributed by atoms with E-state index in [0.717, 1.165) is 243 Å². The number of benzene rings is 8. The Morgan fingerprint density at radius 2 is 0.615 bits per heavy atom. The Bertz CT molecular complexity index is 7830. The lowest BCUT2D eigenvalue weighted by molar-refractivity contribution is -0.162. The number of rotatable bonds is 21. The number of nitrogens with one attached hydrogen (secondary N) is 3. The zero-order valence-corrected chi connectivity index (χ0v) is 90.0. The summed E-state index contributed by atoms with van der Waals surface area (Å²) in [5, 5.41) is 38.1. The minimum Gasteiger partial charge on any atom is -0.493 e. The third kappa shape index (κ3) is 22.1. The number of anilines is 3. The van der Waals surface area contributed by atoms with E-state index in [9.17, 15) is 24.6 Å². The van der Waals surface area contributed by atoms with Gasteiger partial charge < -0.3 is 73.5 Å². The van der Waals surface area contributed by atoms with Gasteiger partial charge in [0.15, 0.2) is 6.10 Å². The Hall–Kier alpha value is -14.2. The van der Waals surface area contributed by atoms with Crippen LogP contribution in [-0.4, -0.2) is 158 Å². The predicted molar refractivity (Wildman–Crippen MR) is 589 cm³/mol. The van der Waals surface area contributed by atoms with Gasteiger partial charge in [-0.05, 0) is 382 Å². The molecule has 148 heavy (non-hydrogen) atoms. The van der Waals surface area contributed by atoms with Crippen LogP contribution in [0.2, 0.25) is 0 Å². The number of carbonyl (C=O) groups excluding carboxylic acids is 2. The Kier molecular flexibility index (Phi) is 29.8. The van der Waals surface area contributed by atoms with Gasteiger partial charge in [-0.2, -0.15) is 0 Å². The number of carboxylic acid groups (broad SMARTS) is 1. The molecule has 0 bridgehead atoms. The van der Waals surface area contributed by atoms with E-state index in [4.69, 9.17) is 87.2 Å². The largest absolute Gasteiger partial charge is 0.493 e. The maximum atomic E-state index is 12.9. The molecule has 0 radical (unpaired) electrons. The average Bonchev–Trinajstić information content (AvgIpc) is 0.757. The van der Waals surface area contributed by atoms with Gasteiger partial charge in [0, 0.05) is 148 Å². The van der Waals surface area contributed by atoms with Gasteiger partial charge in [-0.3, -0.25) is 34.5 Å². The number of aryl methyl sites for hydroxylation is 5. The summed E-state index contributed by atoms with van der Waals surface area (Å²) in [6.45, 7) is 47.7. The second kappa shape index (κ2) is 41.9. The standard InChI is InChI=1S/C33H39N3O4.C33H38N2O4.C28H29N3O4.C28H31N3O3/c1-19-17-23-21(10-12-26(34-8)36-23)29(22-9-11-24-28-20(14-16-38-24)13-15-35-30(22)28)27(19)25(40-33(5,6)7)18-39-31(37)32(2,3)4;1-19-17-24-22(10-9-20(2)35-24)29(23-11-12-25-28-21(14-16-37-25)13-15-34-30(23)28)27(19)26(39-33(6,7)8)18-38-31(36)32(3,4)5;1-15-14-19-17(7-9-21(29-5)31-19)24(22(15)26(27(32)33)35-28(2,3)4)18-6-8-20-23-16(11-13-34-20)10-12-30-25(18)23;1-16-14-20-18(7-9-23(29-5)31-20)26(24(16)22(15-32)34-28(2,3)4)19-6-8-21-25-17(11-13-33-21)10-12-30-27(19)25/h9-13,15,17,25H,14,16,18H2,1-8H3,(H,34,36);9-13,15,17,26H,14,16,18H2,1-8H3;6-10,12,14,26H,11,13H2,1-5H3,(H,29,31)(H,32,33);6-10,12,14,22,32H,11,13,15H2,1-5H3,(H,29,31)/t25-;2*26-;22-/m1101/s1. The van der Waals surface area contributed by atoms with E-state index in [1.165, 1.54) is 22.3 Å². The molecule has 26 nitrogen and oxygen atoms in total. The van der Waals surface area contributed by atoms with Gasteiger partial charge in [0.2, 0.25) is 0 Å². The van der Waals surface area contributed by atoms with Crippen molar-refractivity contribution in [3.05, 3.63) is 243 Å². The van der Waals surface area contributed by atoms with Gasteiger partial charge >= 0.3 is 17.9 Å². The van der Waals surface area contributed by atoms with E-state index in [2.05, 4.69) is 110 Å². The van der Waals surface area contributed by atoms with Crippen LogP contribution in [0.5, 0.6) is 23.0 Å². The molecule has 4 aliphatic rings. The third-order valence-electron chi connectivity index (χ3n) is 26.8. The van der Waals surface area contributed by atoms with Crippen molar-refractivity contribution in [2.24, 2.45) is 10.8 Å². The highest BCUT2D eigenvalue weighted by atomic mass is 16.6. The van der Waals surface area contributed by atoms with Crippen molar-refractivity contribution in [2.75, 3.05) is 83.3 Å². The minimum absolute atomic E-state index is 0.0898. The van der Waals surface area contributed by atoms with Crippen LogP contribution in [0, 0.1) is 45.4 Å². The molecule has 4 atom stereocenters. The molecule has 8 aromatic carbocycles. The van der Waals surface area contributed by atoms with Crippen LogP contribution in [0.25, 0.3) is 132 Å². The van der Waals surface area contributed by atoms with E-state index in [1.54, 1.807) is 0 Å². The Labute approximate surface area is 865 Å². The molecule has 0 saturated heterocycles. The number of aromatic nitrogens is 8. The van der Waals surface area contributed by atoms with Crippen LogP contribution >= 0.6 is 0 Å². The number of aliphatic hydroxyl groups excluding tert-OH is 1. The summed E-state index contributed by atoms with van der Waals surface area (Å²) in [4.78, 5) is 76.9. The molecule has 0 fully saturated rings. The zero-order valence-electron chi connectivity index (χ0n) is 90.0. The van der Waals surface area contributed by atoms with Crippen LogP contribution in [0.4, 0.5) is 17.5 Å². The van der Waals surface area contributed by atoms with Crippen molar-refractivity contribution in [1.29, 1.82) is 0 Å². The molecule has 0 saturated carbocycles. The molecule has 12 heterocycles. The summed E-state index contributed by atoms with van der Waals surface area (Å²) in [6, 6.07) is 48.9. The smallest absolute Gasteiger partial charge is 0.337 e. The second-order valence-electron chi connectivity index (χ2n) is 44.6. The molecule has 20 rings (SSSR count). The van der Waals surface area contributed by atoms with Crippen LogP contribution < -0.4 is 34.9 Å². The highest BCUT2D eigenvalue weighted by molar-refractivity contribution is 6.13. The average molecular weight is 2000 g/mol. The quantitative estimate of drug-likeness (QED) is 0.0417. The predicted octanol–water partition coefficient (Wildman–Crippen LogP) is 25.9. The van der Waals surface area contributed by atoms with Gasteiger partial charge in [0.1, 0.15) is 72.0 Å². The minimum atomic E-state index is -1.17. The molecular formula is C122H137N11O15. The summed E-state index contributed by atoms with van der Waals surface area (Å²) < 4.78 is 61.5. The third-order valence-corrected chi connectivity index (χ3v) is 26.8. The molecule has 8 aromatic heterocycles. The van der Waals surface area contributed by atoms with E-state index in [-0.39, 0.29) is 31.8 Å². The number of hydrogen-bond acceptors (Lipinski definition) is 25. The molecular weight excluding hydrogens is 1860 g/mol. The molecule has 770 valence electrons. The van der Waals surface area contributed by atoms with Crippen molar-refractivity contribution in [3.8, 4) is 67.5 Å². The first-order valence-corrected chi connectivity index (χ1v) is 51.0. The number of esters is 2. The zero-order chi connectivity index (χ0) is 106. The maximum Gasteiger partial charge on any atom is 0.337 e. The van der Waals surface area contributed by atoms with Crippen molar-refractivity contribution >= 4 is 123 Å². The highest BCUT2D eigenvalue weighted by Crippen LogP contribution is 2.53. The maximum absolute atomic E-state index is 12.9. The van der Waals surface area contributed by atoms with Crippen molar-refractivity contribution in [2.45, 2.75) is 232 Å². The summed E-state index contributed by atoms with van der Waals surface area (Å²) >= 11 is 0. The molecule has 0 amide bonds. The van der Waals surface area contributed by atoms with Gasteiger partial charge in [-0.15, -0.1) is 0 Å². The number of carboxylic acids is 1. The number of carbonyl (C=O) groups is 3. The summed E-state index contributed by atoms with van der Waals surface area (Å²) in [7, 11) is 5.55. The summed E-state index contributed by atoms with van der Waals surface area (Å²) in [5.41, 5.74) is 24.3. The van der Waals surface area contributed by atoms with Gasteiger partial charge in [0.25, 0.3) is 0 Å².